The van der Waals surface area contributed by atoms with Crippen molar-refractivity contribution in [2.24, 2.45) is 0 Å². The molecular formula is C18H20ClNO3. The van der Waals surface area contributed by atoms with Gasteiger partial charge in [-0.1, -0.05) is 17.7 Å². The van der Waals surface area contributed by atoms with Crippen molar-refractivity contribution in [3.05, 3.63) is 53.1 Å². The largest absolute Gasteiger partial charge is 0.491 e. The number of carbonyl (C=O) groups is 1. The number of benzene rings is 2. The molecule has 2 aromatic carbocycles. The zero-order chi connectivity index (χ0) is 16.8. The van der Waals surface area contributed by atoms with Crippen LogP contribution in [0.2, 0.25) is 5.02 Å². The number of aryl methyl sites for hydroxylation is 1. The van der Waals surface area contributed by atoms with Gasteiger partial charge in [0.05, 0.1) is 6.10 Å². The number of halogens is 1. The molecule has 0 saturated heterocycles. The highest BCUT2D eigenvalue weighted by atomic mass is 35.5. The fourth-order valence-electron chi connectivity index (χ4n) is 2.03. The van der Waals surface area contributed by atoms with Gasteiger partial charge >= 0.3 is 0 Å². The minimum Gasteiger partial charge on any atom is -0.491 e. The maximum Gasteiger partial charge on any atom is 0.262 e. The fourth-order valence-corrected chi connectivity index (χ4v) is 2.26. The summed E-state index contributed by atoms with van der Waals surface area (Å²) in [5.74, 6) is 1.12. The number of hydrogen-bond donors (Lipinski definition) is 1. The van der Waals surface area contributed by atoms with E-state index in [1.165, 1.54) is 0 Å². The summed E-state index contributed by atoms with van der Waals surface area (Å²) in [5.41, 5.74) is 1.56. The number of rotatable bonds is 6. The zero-order valence-electron chi connectivity index (χ0n) is 13.4. The molecule has 1 N–H and O–H groups in total. The van der Waals surface area contributed by atoms with Gasteiger partial charge in [-0.3, -0.25) is 4.79 Å². The monoisotopic (exact) mass is 333 g/mol. The minimum atomic E-state index is -0.235. The highest BCUT2D eigenvalue weighted by molar-refractivity contribution is 6.30. The van der Waals surface area contributed by atoms with Crippen molar-refractivity contribution in [2.45, 2.75) is 26.9 Å². The van der Waals surface area contributed by atoms with Crippen LogP contribution in [0.1, 0.15) is 19.4 Å². The lowest BCUT2D eigenvalue weighted by atomic mass is 10.2. The van der Waals surface area contributed by atoms with Gasteiger partial charge in [0.25, 0.3) is 5.91 Å². The SMILES string of the molecule is Cc1cc(Cl)ccc1OCC(=O)Nc1cccc(OC(C)C)c1. The first-order valence-electron chi connectivity index (χ1n) is 7.39. The Morgan fingerprint density at radius 2 is 2.00 bits per heavy atom. The molecule has 0 heterocycles. The van der Waals surface area contributed by atoms with Crippen molar-refractivity contribution < 1.29 is 14.3 Å². The molecule has 2 aromatic rings. The van der Waals surface area contributed by atoms with E-state index in [2.05, 4.69) is 5.32 Å². The van der Waals surface area contributed by atoms with E-state index in [-0.39, 0.29) is 18.6 Å². The Labute approximate surface area is 141 Å². The van der Waals surface area contributed by atoms with Gasteiger partial charge in [-0.2, -0.15) is 0 Å². The van der Waals surface area contributed by atoms with Crippen molar-refractivity contribution >= 4 is 23.2 Å². The third-order valence-electron chi connectivity index (χ3n) is 2.99. The van der Waals surface area contributed by atoms with Gasteiger partial charge in [-0.05, 0) is 56.7 Å². The molecule has 0 atom stereocenters. The fraction of sp³-hybridized carbons (Fsp3) is 0.278. The second-order valence-corrected chi connectivity index (χ2v) is 5.88. The lowest BCUT2D eigenvalue weighted by Gasteiger charge is -2.12. The van der Waals surface area contributed by atoms with Crippen LogP contribution in [0.25, 0.3) is 0 Å². The van der Waals surface area contributed by atoms with E-state index in [4.69, 9.17) is 21.1 Å². The van der Waals surface area contributed by atoms with Gasteiger partial charge < -0.3 is 14.8 Å². The summed E-state index contributed by atoms with van der Waals surface area (Å²) in [5, 5.41) is 3.43. The summed E-state index contributed by atoms with van der Waals surface area (Å²) < 4.78 is 11.1. The zero-order valence-corrected chi connectivity index (χ0v) is 14.2. The molecule has 0 aliphatic carbocycles. The summed E-state index contributed by atoms with van der Waals surface area (Å²) in [6.07, 6.45) is 0.0807. The van der Waals surface area contributed by atoms with E-state index in [0.717, 1.165) is 5.56 Å². The van der Waals surface area contributed by atoms with E-state index >= 15 is 0 Å². The number of carbonyl (C=O) groups excluding carboxylic acids is 1. The Balaban J connectivity index is 1.92. The van der Waals surface area contributed by atoms with Gasteiger partial charge in [-0.15, -0.1) is 0 Å². The summed E-state index contributed by atoms with van der Waals surface area (Å²) in [4.78, 5) is 12.0. The lowest BCUT2D eigenvalue weighted by molar-refractivity contribution is -0.118. The topological polar surface area (TPSA) is 47.6 Å². The van der Waals surface area contributed by atoms with Crippen LogP contribution in [0.15, 0.2) is 42.5 Å². The standard InChI is InChI=1S/C18H20ClNO3/c1-12(2)23-16-6-4-5-15(10-16)20-18(21)11-22-17-8-7-14(19)9-13(17)3/h4-10,12H,11H2,1-3H3,(H,20,21). The highest BCUT2D eigenvalue weighted by Gasteiger charge is 2.07. The molecule has 4 nitrogen and oxygen atoms in total. The molecule has 0 spiro atoms. The Morgan fingerprint density at radius 3 is 2.70 bits per heavy atom. The number of nitrogens with one attached hydrogen (secondary N) is 1. The maximum absolute atomic E-state index is 12.0. The smallest absolute Gasteiger partial charge is 0.262 e. The molecular weight excluding hydrogens is 314 g/mol. The predicted molar refractivity (Wildman–Crippen MR) is 92.5 cm³/mol. The Kier molecular flexibility index (Phi) is 5.88. The van der Waals surface area contributed by atoms with E-state index in [9.17, 15) is 4.79 Å². The molecule has 23 heavy (non-hydrogen) atoms. The molecule has 1 amide bonds. The number of amides is 1. The number of anilines is 1. The van der Waals surface area contributed by atoms with E-state index in [1.54, 1.807) is 30.3 Å². The summed E-state index contributed by atoms with van der Waals surface area (Å²) in [6, 6.07) is 12.5. The summed E-state index contributed by atoms with van der Waals surface area (Å²) in [6.45, 7) is 5.71. The third-order valence-corrected chi connectivity index (χ3v) is 3.22. The summed E-state index contributed by atoms with van der Waals surface area (Å²) in [7, 11) is 0. The van der Waals surface area contributed by atoms with E-state index in [0.29, 0.717) is 22.2 Å². The predicted octanol–water partition coefficient (Wildman–Crippen LogP) is 4.45. The molecule has 0 aromatic heterocycles. The van der Waals surface area contributed by atoms with Crippen LogP contribution in [-0.2, 0) is 4.79 Å². The van der Waals surface area contributed by atoms with Crippen LogP contribution in [0, 0.1) is 6.92 Å². The van der Waals surface area contributed by atoms with Gasteiger partial charge in [0, 0.05) is 16.8 Å². The molecule has 0 aliphatic heterocycles. The quantitative estimate of drug-likeness (QED) is 0.849. The average Bonchev–Trinajstić information content (AvgIpc) is 2.46. The molecule has 0 bridgehead atoms. The second-order valence-electron chi connectivity index (χ2n) is 5.44. The van der Waals surface area contributed by atoms with Crippen LogP contribution in [0.4, 0.5) is 5.69 Å². The van der Waals surface area contributed by atoms with Gasteiger partial charge in [-0.25, -0.2) is 0 Å². The normalized spacial score (nSPS) is 10.5. The average molecular weight is 334 g/mol. The van der Waals surface area contributed by atoms with Crippen molar-refractivity contribution in [2.75, 3.05) is 11.9 Å². The molecule has 2 rings (SSSR count). The number of hydrogen-bond acceptors (Lipinski definition) is 3. The molecule has 0 radical (unpaired) electrons. The van der Waals surface area contributed by atoms with Crippen molar-refractivity contribution in [1.29, 1.82) is 0 Å². The van der Waals surface area contributed by atoms with Crippen LogP contribution in [0.3, 0.4) is 0 Å². The van der Waals surface area contributed by atoms with E-state index < -0.39 is 0 Å². The minimum absolute atomic E-state index is 0.0717. The third kappa shape index (κ3) is 5.49. The first kappa shape index (κ1) is 17.2. The van der Waals surface area contributed by atoms with Gasteiger partial charge in [0.15, 0.2) is 6.61 Å². The van der Waals surface area contributed by atoms with Crippen LogP contribution in [-0.4, -0.2) is 18.6 Å². The van der Waals surface area contributed by atoms with E-state index in [1.807, 2.05) is 32.9 Å². The van der Waals surface area contributed by atoms with Crippen LogP contribution < -0.4 is 14.8 Å². The molecule has 122 valence electrons. The van der Waals surface area contributed by atoms with Crippen molar-refractivity contribution in [1.82, 2.24) is 0 Å². The second kappa shape index (κ2) is 7.88. The Bertz CT molecular complexity index is 686. The Hall–Kier alpha value is -2.20. The molecule has 5 heteroatoms. The number of ether oxygens (including phenoxy) is 2. The first-order valence-corrected chi connectivity index (χ1v) is 7.77. The van der Waals surface area contributed by atoms with Gasteiger partial charge in [0.2, 0.25) is 0 Å². The van der Waals surface area contributed by atoms with Crippen molar-refractivity contribution in [3.63, 3.8) is 0 Å². The van der Waals surface area contributed by atoms with Crippen LogP contribution >= 0.6 is 11.6 Å². The molecule has 0 fully saturated rings. The van der Waals surface area contributed by atoms with Crippen molar-refractivity contribution in [3.8, 4) is 11.5 Å². The lowest BCUT2D eigenvalue weighted by Crippen LogP contribution is -2.20. The highest BCUT2D eigenvalue weighted by Crippen LogP contribution is 2.22. The summed E-state index contributed by atoms with van der Waals surface area (Å²) >= 11 is 5.89. The van der Waals surface area contributed by atoms with Gasteiger partial charge in [0.1, 0.15) is 11.5 Å². The Morgan fingerprint density at radius 1 is 1.22 bits per heavy atom. The first-order chi connectivity index (χ1) is 10.9. The molecule has 0 unspecified atom stereocenters. The molecule has 0 aliphatic rings. The maximum atomic E-state index is 12.0. The van der Waals surface area contributed by atoms with Crippen LogP contribution in [0.5, 0.6) is 11.5 Å². The molecule has 0 saturated carbocycles.